The van der Waals surface area contributed by atoms with Crippen molar-refractivity contribution in [2.75, 3.05) is 6.54 Å². The van der Waals surface area contributed by atoms with E-state index in [9.17, 15) is 29.7 Å². The number of carbonyl (C=O) groups excluding carboxylic acids is 3. The normalized spacial score (nSPS) is 18.7. The van der Waals surface area contributed by atoms with Gasteiger partial charge in [0.15, 0.2) is 0 Å². The Balaban J connectivity index is 1.63. The molecule has 3 amide bonds. The maximum Gasteiger partial charge on any atom is 0.249 e. The van der Waals surface area contributed by atoms with Gasteiger partial charge in [-0.05, 0) is 48.2 Å². The van der Waals surface area contributed by atoms with E-state index < -0.39 is 30.0 Å². The van der Waals surface area contributed by atoms with Crippen molar-refractivity contribution in [2.24, 2.45) is 0 Å². The summed E-state index contributed by atoms with van der Waals surface area (Å²) in [5.74, 6) is -1.35. The number of aromatic hydroxyl groups is 2. The van der Waals surface area contributed by atoms with Crippen LogP contribution in [0.3, 0.4) is 0 Å². The quantitative estimate of drug-likeness (QED) is 0.341. The van der Waals surface area contributed by atoms with Gasteiger partial charge in [0.25, 0.3) is 0 Å². The van der Waals surface area contributed by atoms with Gasteiger partial charge in [-0.15, -0.1) is 0 Å². The van der Waals surface area contributed by atoms with Gasteiger partial charge in [0.2, 0.25) is 17.7 Å². The number of amides is 3. The molecule has 0 aromatic heterocycles. The largest absolute Gasteiger partial charge is 0.508 e. The Bertz CT molecular complexity index is 945. The van der Waals surface area contributed by atoms with Crippen molar-refractivity contribution in [1.82, 2.24) is 16.0 Å². The van der Waals surface area contributed by atoms with E-state index in [1.165, 1.54) is 24.3 Å². The molecular weight excluding hydrogens is 414 g/mol. The van der Waals surface area contributed by atoms with Gasteiger partial charge in [0, 0.05) is 19.4 Å². The average molecular weight is 441 g/mol. The number of hydrogen-bond donors (Lipinski definition) is 6. The molecule has 2 aromatic rings. The predicted octanol–water partition coefficient (Wildman–Crippen LogP) is 0.123. The second kappa shape index (κ2) is 10.7. The fraction of sp³-hybridized carbons (Fsp3) is 0.348. The molecule has 0 saturated carbocycles. The number of phenols is 2. The van der Waals surface area contributed by atoms with Gasteiger partial charge in [-0.2, -0.15) is 0 Å². The molecule has 3 atom stereocenters. The number of nitrogens with one attached hydrogen (secondary N) is 3. The first-order chi connectivity index (χ1) is 15.3. The molecule has 6 N–H and O–H groups in total. The minimum atomic E-state index is -0.998. The number of phenolic OH excluding ortho intramolecular Hbond substituents is 2. The molecule has 0 unspecified atom stereocenters. The van der Waals surface area contributed by atoms with Gasteiger partial charge in [0.05, 0.1) is 12.1 Å². The molecule has 1 aliphatic heterocycles. The number of aryl methyl sites for hydroxylation is 1. The van der Waals surface area contributed by atoms with E-state index in [1.54, 1.807) is 24.3 Å². The summed E-state index contributed by atoms with van der Waals surface area (Å²) in [7, 11) is 0. The number of benzene rings is 2. The van der Waals surface area contributed by atoms with Crippen LogP contribution in [-0.4, -0.2) is 57.8 Å². The van der Waals surface area contributed by atoms with Gasteiger partial charge < -0.3 is 26.0 Å². The van der Waals surface area contributed by atoms with Crippen LogP contribution in [0.25, 0.3) is 0 Å². The van der Waals surface area contributed by atoms with Crippen molar-refractivity contribution in [2.45, 2.75) is 43.9 Å². The first kappa shape index (κ1) is 23.2. The summed E-state index contributed by atoms with van der Waals surface area (Å²) in [6.07, 6.45) is 0.233. The van der Waals surface area contributed by atoms with Crippen molar-refractivity contribution in [3.8, 4) is 11.5 Å². The topological polar surface area (TPSA) is 148 Å². The molecule has 1 heterocycles. The fourth-order valence-electron chi connectivity index (χ4n) is 3.48. The van der Waals surface area contributed by atoms with E-state index in [0.717, 1.165) is 5.56 Å². The molecule has 9 heteroatoms. The van der Waals surface area contributed by atoms with Gasteiger partial charge in [-0.25, -0.2) is 0 Å². The molecular formula is C23H27N3O6. The van der Waals surface area contributed by atoms with E-state index in [-0.39, 0.29) is 43.2 Å². The summed E-state index contributed by atoms with van der Waals surface area (Å²) in [4.78, 5) is 37.7. The third kappa shape index (κ3) is 6.79. The van der Waals surface area contributed by atoms with Crippen LogP contribution in [0.15, 0.2) is 48.5 Å². The first-order valence-electron chi connectivity index (χ1n) is 10.4. The zero-order valence-electron chi connectivity index (χ0n) is 17.5. The highest BCUT2D eigenvalue weighted by molar-refractivity contribution is 6.01. The Hall–Kier alpha value is -3.43. The van der Waals surface area contributed by atoms with Crippen LogP contribution in [0.2, 0.25) is 0 Å². The molecule has 1 fully saturated rings. The molecule has 9 nitrogen and oxygen atoms in total. The smallest absolute Gasteiger partial charge is 0.249 e. The van der Waals surface area contributed by atoms with E-state index in [4.69, 9.17) is 0 Å². The average Bonchev–Trinajstić information content (AvgIpc) is 3.21. The predicted molar refractivity (Wildman–Crippen MR) is 116 cm³/mol. The standard InChI is InChI=1S/C23H27N3O6/c27-16-6-1-14(2-7-16)5-10-21(30)25-20(11-15-3-8-17(28)9-4-15)23(32)26-22(31)19-12-18(29)13-24-19/h1-4,6-9,18-20,24,27-29H,5,10-13H2,(H,25,30)(H,26,31,32)/t18-,19+,20+/m1/s1. The summed E-state index contributed by atoms with van der Waals surface area (Å²) < 4.78 is 0. The third-order valence-electron chi connectivity index (χ3n) is 5.28. The van der Waals surface area contributed by atoms with Crippen LogP contribution in [0.4, 0.5) is 0 Å². The number of aliphatic hydroxyl groups is 1. The van der Waals surface area contributed by atoms with Crippen LogP contribution in [0.1, 0.15) is 24.0 Å². The Kier molecular flexibility index (Phi) is 7.80. The number of β-amino-alcohol motifs (C(OH)–C–C–N with tert-alkyl or cyclic N) is 1. The van der Waals surface area contributed by atoms with E-state index in [1.807, 2.05) is 0 Å². The molecule has 0 aliphatic carbocycles. The molecule has 3 rings (SSSR count). The third-order valence-corrected chi connectivity index (χ3v) is 5.28. The molecule has 2 aromatic carbocycles. The Morgan fingerprint density at radius 2 is 1.56 bits per heavy atom. The number of carbonyl (C=O) groups is 3. The first-order valence-corrected chi connectivity index (χ1v) is 10.4. The second-order valence-corrected chi connectivity index (χ2v) is 7.86. The van der Waals surface area contributed by atoms with Gasteiger partial charge >= 0.3 is 0 Å². The minimum absolute atomic E-state index is 0.0775. The molecule has 32 heavy (non-hydrogen) atoms. The Morgan fingerprint density at radius 1 is 0.969 bits per heavy atom. The zero-order chi connectivity index (χ0) is 23.1. The van der Waals surface area contributed by atoms with Crippen molar-refractivity contribution >= 4 is 17.7 Å². The highest BCUT2D eigenvalue weighted by Crippen LogP contribution is 2.13. The highest BCUT2D eigenvalue weighted by atomic mass is 16.3. The fourth-order valence-corrected chi connectivity index (χ4v) is 3.48. The van der Waals surface area contributed by atoms with Crippen molar-refractivity contribution < 1.29 is 29.7 Å². The Labute approximate surface area is 185 Å². The molecule has 1 aliphatic rings. The number of rotatable bonds is 8. The molecule has 0 spiro atoms. The van der Waals surface area contributed by atoms with Gasteiger partial charge in [0.1, 0.15) is 17.5 Å². The van der Waals surface area contributed by atoms with Crippen molar-refractivity contribution in [3.63, 3.8) is 0 Å². The van der Waals surface area contributed by atoms with Crippen molar-refractivity contribution in [3.05, 3.63) is 59.7 Å². The molecule has 1 saturated heterocycles. The van der Waals surface area contributed by atoms with E-state index >= 15 is 0 Å². The second-order valence-electron chi connectivity index (χ2n) is 7.86. The van der Waals surface area contributed by atoms with Crippen LogP contribution in [0.5, 0.6) is 11.5 Å². The maximum absolute atomic E-state index is 12.8. The molecule has 170 valence electrons. The van der Waals surface area contributed by atoms with Crippen LogP contribution < -0.4 is 16.0 Å². The van der Waals surface area contributed by atoms with E-state index in [0.29, 0.717) is 12.0 Å². The monoisotopic (exact) mass is 441 g/mol. The van der Waals surface area contributed by atoms with Gasteiger partial charge in [-0.3, -0.25) is 19.7 Å². The zero-order valence-corrected chi connectivity index (χ0v) is 17.5. The lowest BCUT2D eigenvalue weighted by molar-refractivity contribution is -0.135. The van der Waals surface area contributed by atoms with Gasteiger partial charge in [-0.1, -0.05) is 24.3 Å². The SMILES string of the molecule is O=C(CCc1ccc(O)cc1)N[C@@H](Cc1ccc(O)cc1)C(=O)NC(=O)[C@@H]1C[C@@H](O)CN1. The maximum atomic E-state index is 12.8. The molecule has 0 radical (unpaired) electrons. The Morgan fingerprint density at radius 3 is 2.12 bits per heavy atom. The highest BCUT2D eigenvalue weighted by Gasteiger charge is 2.31. The number of aliphatic hydroxyl groups excluding tert-OH is 1. The summed E-state index contributed by atoms with van der Waals surface area (Å²) >= 11 is 0. The lowest BCUT2D eigenvalue weighted by Crippen LogP contribution is -2.52. The van der Waals surface area contributed by atoms with Crippen molar-refractivity contribution in [1.29, 1.82) is 0 Å². The van der Waals surface area contributed by atoms with Crippen LogP contribution in [-0.2, 0) is 27.2 Å². The number of imide groups is 1. The van der Waals surface area contributed by atoms with Crippen LogP contribution >= 0.6 is 0 Å². The molecule has 0 bridgehead atoms. The summed E-state index contributed by atoms with van der Waals surface area (Å²) in [6, 6.07) is 11.1. The number of hydrogen-bond acceptors (Lipinski definition) is 7. The van der Waals surface area contributed by atoms with Crippen LogP contribution in [0, 0.1) is 0 Å². The minimum Gasteiger partial charge on any atom is -0.508 e. The van der Waals surface area contributed by atoms with E-state index in [2.05, 4.69) is 16.0 Å². The summed E-state index contributed by atoms with van der Waals surface area (Å²) in [5, 5.41) is 36.2. The lowest BCUT2D eigenvalue weighted by atomic mass is 10.0. The summed E-state index contributed by atoms with van der Waals surface area (Å²) in [6.45, 7) is 0.275. The summed E-state index contributed by atoms with van der Waals surface area (Å²) in [5.41, 5.74) is 1.56. The lowest BCUT2D eigenvalue weighted by Gasteiger charge is -2.19.